The number of fused-ring (bicyclic) bond motifs is 1. The Morgan fingerprint density at radius 3 is 2.57 bits per heavy atom. The van der Waals surface area contributed by atoms with Crippen molar-refractivity contribution in [3.05, 3.63) is 65.2 Å². The fourth-order valence-electron chi connectivity index (χ4n) is 3.23. The first-order valence-corrected chi connectivity index (χ1v) is 7.77. The quantitative estimate of drug-likeness (QED) is 0.859. The first-order valence-electron chi connectivity index (χ1n) is 7.77. The Labute approximate surface area is 136 Å². The summed E-state index contributed by atoms with van der Waals surface area (Å²) in [5.41, 5.74) is 3.98. The number of ether oxygens (including phenoxy) is 2. The number of methoxy groups -OCH3 is 2. The number of amides is 1. The molecule has 0 aromatic heterocycles. The number of anilines is 1. The topological polar surface area (TPSA) is 47.6 Å². The normalized spacial score (nSPS) is 16.4. The van der Waals surface area contributed by atoms with E-state index in [1.165, 1.54) is 11.1 Å². The predicted molar refractivity (Wildman–Crippen MR) is 89.7 cm³/mol. The van der Waals surface area contributed by atoms with Crippen LogP contribution >= 0.6 is 0 Å². The molecule has 2 aromatic carbocycles. The van der Waals surface area contributed by atoms with Crippen molar-refractivity contribution in [1.29, 1.82) is 0 Å². The van der Waals surface area contributed by atoms with Gasteiger partial charge in [0.1, 0.15) is 0 Å². The molecule has 0 saturated heterocycles. The van der Waals surface area contributed by atoms with Gasteiger partial charge in [0.15, 0.2) is 6.29 Å². The molecule has 1 aliphatic rings. The number of rotatable bonds is 5. The van der Waals surface area contributed by atoms with Crippen molar-refractivity contribution in [2.45, 2.75) is 25.0 Å². The minimum absolute atomic E-state index is 0.0910. The lowest BCUT2D eigenvalue weighted by Crippen LogP contribution is -2.21. The second-order valence-corrected chi connectivity index (χ2v) is 5.72. The summed E-state index contributed by atoms with van der Waals surface area (Å²) in [6.45, 7) is 0. The largest absolute Gasteiger partial charge is 0.355 e. The number of carbonyl (C=O) groups is 1. The standard InChI is InChI=1S/C19H21NO3/c1-22-19(23-2)17-10-8-14-12-15(9-11-16(14)17)20-18(21)13-6-4-3-5-7-13/h3-7,9,11-12,17,19H,8,10H2,1-2H3,(H,20,21)/t17-/m1/s1. The summed E-state index contributed by atoms with van der Waals surface area (Å²) in [4.78, 5) is 12.2. The molecule has 0 aliphatic heterocycles. The van der Waals surface area contributed by atoms with Crippen LogP contribution in [0.3, 0.4) is 0 Å². The van der Waals surface area contributed by atoms with Gasteiger partial charge in [0, 0.05) is 31.4 Å². The second kappa shape index (κ2) is 6.94. The van der Waals surface area contributed by atoms with Crippen molar-refractivity contribution in [1.82, 2.24) is 0 Å². The van der Waals surface area contributed by atoms with Crippen molar-refractivity contribution in [3.8, 4) is 0 Å². The zero-order valence-corrected chi connectivity index (χ0v) is 13.4. The van der Waals surface area contributed by atoms with Crippen LogP contribution in [-0.2, 0) is 15.9 Å². The molecule has 1 amide bonds. The van der Waals surface area contributed by atoms with Crippen LogP contribution in [-0.4, -0.2) is 26.4 Å². The van der Waals surface area contributed by atoms with E-state index in [1.807, 2.05) is 24.3 Å². The summed E-state index contributed by atoms with van der Waals surface area (Å²) in [7, 11) is 3.33. The van der Waals surface area contributed by atoms with Gasteiger partial charge in [0.25, 0.3) is 5.91 Å². The first-order chi connectivity index (χ1) is 11.2. The van der Waals surface area contributed by atoms with Gasteiger partial charge in [-0.25, -0.2) is 0 Å². The SMILES string of the molecule is COC(OC)[C@@H]1CCc2cc(NC(=O)c3ccccc3)ccc21. The molecule has 0 bridgehead atoms. The molecule has 4 heteroatoms. The minimum atomic E-state index is -0.221. The molecule has 4 nitrogen and oxygen atoms in total. The molecule has 3 rings (SSSR count). The highest BCUT2D eigenvalue weighted by atomic mass is 16.7. The molecular formula is C19H21NO3. The molecule has 120 valence electrons. The van der Waals surface area contributed by atoms with Gasteiger partial charge in [-0.3, -0.25) is 4.79 Å². The maximum absolute atomic E-state index is 12.2. The van der Waals surface area contributed by atoms with Gasteiger partial charge in [0.2, 0.25) is 0 Å². The molecule has 0 heterocycles. The summed E-state index contributed by atoms with van der Waals surface area (Å²) in [5.74, 6) is 0.158. The number of nitrogens with one attached hydrogen (secondary N) is 1. The van der Waals surface area contributed by atoms with Crippen molar-refractivity contribution in [2.24, 2.45) is 0 Å². The molecule has 1 atom stereocenters. The predicted octanol–water partition coefficient (Wildman–Crippen LogP) is 3.59. The summed E-state index contributed by atoms with van der Waals surface area (Å²) < 4.78 is 10.8. The number of hydrogen-bond donors (Lipinski definition) is 1. The van der Waals surface area contributed by atoms with Crippen LogP contribution in [0.5, 0.6) is 0 Å². The fourth-order valence-corrected chi connectivity index (χ4v) is 3.23. The Morgan fingerprint density at radius 1 is 1.13 bits per heavy atom. The minimum Gasteiger partial charge on any atom is -0.355 e. The van der Waals surface area contributed by atoms with Crippen molar-refractivity contribution >= 4 is 11.6 Å². The molecule has 0 radical (unpaired) electrons. The van der Waals surface area contributed by atoms with E-state index in [9.17, 15) is 4.79 Å². The Kier molecular flexibility index (Phi) is 4.74. The maximum atomic E-state index is 12.2. The highest BCUT2D eigenvalue weighted by Gasteiger charge is 2.30. The number of carbonyl (C=O) groups excluding carboxylic acids is 1. The van der Waals surface area contributed by atoms with E-state index in [0.29, 0.717) is 5.56 Å². The van der Waals surface area contributed by atoms with Crippen LogP contribution in [0.2, 0.25) is 0 Å². The first kappa shape index (κ1) is 15.7. The third kappa shape index (κ3) is 3.28. The number of hydrogen-bond acceptors (Lipinski definition) is 3. The van der Waals surface area contributed by atoms with Gasteiger partial charge in [0.05, 0.1) is 0 Å². The Balaban J connectivity index is 1.76. The maximum Gasteiger partial charge on any atom is 0.255 e. The van der Waals surface area contributed by atoms with Gasteiger partial charge < -0.3 is 14.8 Å². The van der Waals surface area contributed by atoms with Crippen LogP contribution in [0.4, 0.5) is 5.69 Å². The molecule has 0 spiro atoms. The molecular weight excluding hydrogens is 290 g/mol. The molecule has 23 heavy (non-hydrogen) atoms. The lowest BCUT2D eigenvalue weighted by atomic mass is 10.0. The van der Waals surface area contributed by atoms with E-state index in [0.717, 1.165) is 18.5 Å². The highest BCUT2D eigenvalue weighted by Crippen LogP contribution is 2.38. The molecule has 1 N–H and O–H groups in total. The average Bonchev–Trinajstić information content (AvgIpc) is 3.00. The molecule has 0 fully saturated rings. The summed E-state index contributed by atoms with van der Waals surface area (Å²) in [5, 5.41) is 2.96. The monoisotopic (exact) mass is 311 g/mol. The molecule has 0 unspecified atom stereocenters. The zero-order valence-electron chi connectivity index (χ0n) is 13.4. The van der Waals surface area contributed by atoms with Crippen LogP contribution in [0, 0.1) is 0 Å². The van der Waals surface area contributed by atoms with E-state index >= 15 is 0 Å². The van der Waals surface area contributed by atoms with Crippen LogP contribution in [0.1, 0.15) is 33.8 Å². The Bertz CT molecular complexity index is 680. The molecule has 2 aromatic rings. The number of benzene rings is 2. The average molecular weight is 311 g/mol. The fraction of sp³-hybridized carbons (Fsp3) is 0.316. The summed E-state index contributed by atoms with van der Waals surface area (Å²) in [6.07, 6.45) is 1.75. The lowest BCUT2D eigenvalue weighted by Gasteiger charge is -2.21. The Morgan fingerprint density at radius 2 is 1.87 bits per heavy atom. The number of aryl methyl sites for hydroxylation is 1. The van der Waals surface area contributed by atoms with E-state index in [1.54, 1.807) is 26.4 Å². The third-order valence-corrected chi connectivity index (χ3v) is 4.35. The summed E-state index contributed by atoms with van der Waals surface area (Å²) >= 11 is 0. The third-order valence-electron chi connectivity index (χ3n) is 4.35. The lowest BCUT2D eigenvalue weighted by molar-refractivity contribution is -0.117. The van der Waals surface area contributed by atoms with Crippen molar-refractivity contribution < 1.29 is 14.3 Å². The van der Waals surface area contributed by atoms with Crippen molar-refractivity contribution in [2.75, 3.05) is 19.5 Å². The van der Waals surface area contributed by atoms with Crippen LogP contribution in [0.25, 0.3) is 0 Å². The van der Waals surface area contributed by atoms with Gasteiger partial charge >= 0.3 is 0 Å². The second-order valence-electron chi connectivity index (χ2n) is 5.72. The highest BCUT2D eigenvalue weighted by molar-refractivity contribution is 6.04. The molecule has 1 aliphatic carbocycles. The van der Waals surface area contributed by atoms with Crippen molar-refractivity contribution in [3.63, 3.8) is 0 Å². The van der Waals surface area contributed by atoms with E-state index < -0.39 is 0 Å². The van der Waals surface area contributed by atoms with E-state index in [4.69, 9.17) is 9.47 Å². The van der Waals surface area contributed by atoms with Gasteiger partial charge in [-0.15, -0.1) is 0 Å². The summed E-state index contributed by atoms with van der Waals surface area (Å²) in [6, 6.07) is 15.3. The van der Waals surface area contributed by atoms with E-state index in [-0.39, 0.29) is 18.1 Å². The smallest absolute Gasteiger partial charge is 0.255 e. The zero-order chi connectivity index (χ0) is 16.2. The van der Waals surface area contributed by atoms with Gasteiger partial charge in [-0.05, 0) is 48.2 Å². The van der Waals surface area contributed by atoms with Crippen LogP contribution in [0.15, 0.2) is 48.5 Å². The van der Waals surface area contributed by atoms with Gasteiger partial charge in [-0.1, -0.05) is 24.3 Å². The van der Waals surface area contributed by atoms with Gasteiger partial charge in [-0.2, -0.15) is 0 Å². The molecule has 0 saturated carbocycles. The van der Waals surface area contributed by atoms with Crippen LogP contribution < -0.4 is 5.32 Å². The Hall–Kier alpha value is -2.17. The van der Waals surface area contributed by atoms with E-state index in [2.05, 4.69) is 17.4 Å².